The predicted molar refractivity (Wildman–Crippen MR) is 114 cm³/mol. The van der Waals surface area contributed by atoms with Crippen molar-refractivity contribution in [3.8, 4) is 11.5 Å². The molecule has 27 heavy (non-hydrogen) atoms. The van der Waals surface area contributed by atoms with Crippen molar-refractivity contribution in [2.24, 2.45) is 5.92 Å². The van der Waals surface area contributed by atoms with Crippen LogP contribution in [0, 0.1) is 5.92 Å². The number of unbranched alkanes of at least 4 members (excludes halogenated alkanes) is 1. The zero-order valence-corrected chi connectivity index (χ0v) is 17.7. The molecule has 2 heterocycles. The Hall–Kier alpha value is -1.52. The summed E-state index contributed by atoms with van der Waals surface area (Å²) in [6, 6.07) is 12.5. The van der Waals surface area contributed by atoms with Crippen LogP contribution in [0.4, 0.5) is 0 Å². The molecule has 1 aromatic carbocycles. The number of benzene rings is 1. The first kappa shape index (κ1) is 20.2. The molecular weight excluding hydrogens is 354 g/mol. The minimum absolute atomic E-state index is 0.146. The monoisotopic (exact) mass is 387 g/mol. The number of likely N-dealkylation sites (tertiary alicyclic amines) is 1. The van der Waals surface area contributed by atoms with E-state index in [-0.39, 0.29) is 6.10 Å². The number of nitrogens with zero attached hydrogens (tertiary/aromatic N) is 1. The van der Waals surface area contributed by atoms with Crippen LogP contribution in [0.15, 0.2) is 41.8 Å². The molecule has 0 saturated carbocycles. The maximum absolute atomic E-state index is 6.31. The topological polar surface area (TPSA) is 21.7 Å². The van der Waals surface area contributed by atoms with E-state index in [4.69, 9.17) is 9.47 Å². The molecule has 2 aromatic rings. The highest BCUT2D eigenvalue weighted by atomic mass is 32.1. The van der Waals surface area contributed by atoms with E-state index >= 15 is 0 Å². The summed E-state index contributed by atoms with van der Waals surface area (Å²) < 4.78 is 12.2. The molecule has 0 N–H and O–H groups in total. The average Bonchev–Trinajstić information content (AvgIpc) is 3.20. The van der Waals surface area contributed by atoms with Gasteiger partial charge in [0, 0.05) is 23.3 Å². The largest absolute Gasteiger partial charge is 0.489 e. The molecule has 0 aliphatic carbocycles. The second-order valence-electron chi connectivity index (χ2n) is 7.75. The minimum atomic E-state index is 0.146. The summed E-state index contributed by atoms with van der Waals surface area (Å²) in [5.74, 6) is 2.82. The van der Waals surface area contributed by atoms with Crippen LogP contribution in [0.3, 0.4) is 0 Å². The third-order valence-electron chi connectivity index (χ3n) is 5.22. The van der Waals surface area contributed by atoms with Crippen LogP contribution < -0.4 is 9.47 Å². The van der Waals surface area contributed by atoms with Gasteiger partial charge >= 0.3 is 0 Å². The van der Waals surface area contributed by atoms with E-state index in [1.54, 1.807) is 0 Å². The van der Waals surface area contributed by atoms with Crippen LogP contribution in [0.25, 0.3) is 0 Å². The van der Waals surface area contributed by atoms with E-state index in [2.05, 4.69) is 43.2 Å². The van der Waals surface area contributed by atoms with Gasteiger partial charge < -0.3 is 14.4 Å². The summed E-state index contributed by atoms with van der Waals surface area (Å²) >= 11 is 1.89. The molecule has 4 heteroatoms. The van der Waals surface area contributed by atoms with Gasteiger partial charge in [-0.1, -0.05) is 31.5 Å². The quantitative estimate of drug-likeness (QED) is 0.541. The second kappa shape index (κ2) is 10.1. The van der Waals surface area contributed by atoms with Crippen LogP contribution >= 0.6 is 11.3 Å². The van der Waals surface area contributed by atoms with Crippen molar-refractivity contribution in [3.63, 3.8) is 0 Å². The van der Waals surface area contributed by atoms with Crippen molar-refractivity contribution >= 4 is 11.3 Å². The van der Waals surface area contributed by atoms with E-state index < -0.39 is 0 Å². The number of hydrogen-bond donors (Lipinski definition) is 0. The van der Waals surface area contributed by atoms with Crippen LogP contribution in [-0.2, 0) is 0 Å². The summed E-state index contributed by atoms with van der Waals surface area (Å²) in [5, 5.41) is 2.20. The van der Waals surface area contributed by atoms with Gasteiger partial charge in [-0.3, -0.25) is 0 Å². The number of para-hydroxylation sites is 2. The fourth-order valence-electron chi connectivity index (χ4n) is 3.86. The molecule has 0 amide bonds. The van der Waals surface area contributed by atoms with Crippen molar-refractivity contribution in [1.82, 2.24) is 4.90 Å². The fourth-order valence-corrected chi connectivity index (χ4v) is 4.81. The number of piperidine rings is 1. The van der Waals surface area contributed by atoms with Gasteiger partial charge in [0.2, 0.25) is 0 Å². The van der Waals surface area contributed by atoms with Gasteiger partial charge in [-0.05, 0) is 63.4 Å². The first-order valence-electron chi connectivity index (χ1n) is 10.3. The molecule has 148 valence electrons. The SMILES string of the molecule is CCCCN1CCC(c2cccs2)C(COc2ccccc2OC(C)C)C1. The van der Waals surface area contributed by atoms with Crippen LogP contribution in [0.2, 0.25) is 0 Å². The van der Waals surface area contributed by atoms with Gasteiger partial charge in [0.1, 0.15) is 0 Å². The van der Waals surface area contributed by atoms with Crippen LogP contribution in [0.1, 0.15) is 50.8 Å². The van der Waals surface area contributed by atoms with Gasteiger partial charge in [-0.25, -0.2) is 0 Å². The molecule has 2 unspecified atom stereocenters. The summed E-state index contributed by atoms with van der Waals surface area (Å²) in [7, 11) is 0. The smallest absolute Gasteiger partial charge is 0.161 e. The lowest BCUT2D eigenvalue weighted by Crippen LogP contribution is -2.42. The lowest BCUT2D eigenvalue weighted by atomic mass is 9.84. The Morgan fingerprint density at radius 3 is 2.67 bits per heavy atom. The summed E-state index contributed by atoms with van der Waals surface area (Å²) in [4.78, 5) is 4.13. The molecule has 0 bridgehead atoms. The standard InChI is InChI=1S/C23H33NO2S/c1-4-5-13-24-14-12-20(23-11-8-15-27-23)19(16-24)17-25-21-9-6-7-10-22(21)26-18(2)3/h6-11,15,18-20H,4-5,12-14,16-17H2,1-3H3. The Kier molecular flexibility index (Phi) is 7.59. The Balaban J connectivity index is 1.69. The molecule has 0 radical (unpaired) electrons. The second-order valence-corrected chi connectivity index (χ2v) is 8.73. The molecular formula is C23H33NO2S. The van der Waals surface area contributed by atoms with Gasteiger partial charge in [-0.2, -0.15) is 0 Å². The predicted octanol–water partition coefficient (Wildman–Crippen LogP) is 5.82. The lowest BCUT2D eigenvalue weighted by molar-refractivity contribution is 0.108. The van der Waals surface area contributed by atoms with Crippen LogP contribution in [-0.4, -0.2) is 37.2 Å². The van der Waals surface area contributed by atoms with E-state index in [1.165, 1.54) is 37.2 Å². The van der Waals surface area contributed by atoms with Crippen molar-refractivity contribution in [1.29, 1.82) is 0 Å². The Morgan fingerprint density at radius 1 is 1.15 bits per heavy atom. The number of ether oxygens (including phenoxy) is 2. The average molecular weight is 388 g/mol. The lowest BCUT2D eigenvalue weighted by Gasteiger charge is -2.38. The Labute approximate surface area is 168 Å². The molecule has 1 saturated heterocycles. The summed E-state index contributed by atoms with van der Waals surface area (Å²) in [6.07, 6.45) is 3.91. The van der Waals surface area contributed by atoms with Crippen LogP contribution in [0.5, 0.6) is 11.5 Å². The third-order valence-corrected chi connectivity index (χ3v) is 6.22. The molecule has 1 aliphatic heterocycles. The van der Waals surface area contributed by atoms with Gasteiger partial charge in [0.15, 0.2) is 11.5 Å². The first-order chi connectivity index (χ1) is 13.2. The van der Waals surface area contributed by atoms with E-state index in [9.17, 15) is 0 Å². The fraction of sp³-hybridized carbons (Fsp3) is 0.565. The van der Waals surface area contributed by atoms with Crippen molar-refractivity contribution < 1.29 is 9.47 Å². The maximum atomic E-state index is 6.31. The molecule has 1 aromatic heterocycles. The van der Waals surface area contributed by atoms with E-state index in [0.717, 1.165) is 24.7 Å². The highest BCUT2D eigenvalue weighted by molar-refractivity contribution is 7.10. The molecule has 0 spiro atoms. The third kappa shape index (κ3) is 5.73. The first-order valence-corrected chi connectivity index (χ1v) is 11.2. The normalized spacial score (nSPS) is 20.7. The molecule has 3 rings (SSSR count). The number of hydrogen-bond acceptors (Lipinski definition) is 4. The zero-order chi connectivity index (χ0) is 19.1. The molecule has 1 fully saturated rings. The van der Waals surface area contributed by atoms with Crippen molar-refractivity contribution in [2.75, 3.05) is 26.2 Å². The highest BCUT2D eigenvalue weighted by Gasteiger charge is 2.31. The zero-order valence-electron chi connectivity index (χ0n) is 16.9. The highest BCUT2D eigenvalue weighted by Crippen LogP contribution is 2.37. The van der Waals surface area contributed by atoms with Crippen molar-refractivity contribution in [2.45, 2.75) is 52.1 Å². The number of thiophene rings is 1. The van der Waals surface area contributed by atoms with E-state index in [1.807, 2.05) is 35.6 Å². The molecule has 2 atom stereocenters. The summed E-state index contributed by atoms with van der Waals surface area (Å²) in [5.41, 5.74) is 0. The van der Waals surface area contributed by atoms with Gasteiger partial charge in [0.25, 0.3) is 0 Å². The maximum Gasteiger partial charge on any atom is 0.161 e. The molecule has 1 aliphatic rings. The minimum Gasteiger partial charge on any atom is -0.489 e. The van der Waals surface area contributed by atoms with E-state index in [0.29, 0.717) is 11.8 Å². The number of rotatable bonds is 9. The summed E-state index contributed by atoms with van der Waals surface area (Å²) in [6.45, 7) is 10.6. The van der Waals surface area contributed by atoms with Gasteiger partial charge in [-0.15, -0.1) is 11.3 Å². The molecule has 3 nitrogen and oxygen atoms in total. The van der Waals surface area contributed by atoms with Crippen molar-refractivity contribution in [3.05, 3.63) is 46.7 Å². The van der Waals surface area contributed by atoms with Gasteiger partial charge in [0.05, 0.1) is 12.7 Å². The Bertz CT molecular complexity index is 671. The Morgan fingerprint density at radius 2 is 1.96 bits per heavy atom.